The van der Waals surface area contributed by atoms with Crippen molar-refractivity contribution in [3.8, 4) is 17.1 Å². The number of hydrogen-bond acceptors (Lipinski definition) is 4. The molecule has 1 aromatic heterocycles. The molecule has 1 heterocycles. The maximum Gasteiger partial charge on any atom is 0.181 e. The van der Waals surface area contributed by atoms with Gasteiger partial charge in [-0.15, -0.1) is 5.10 Å². The maximum atomic E-state index is 13.0. The second kappa shape index (κ2) is 3.06. The van der Waals surface area contributed by atoms with E-state index < -0.39 is 5.82 Å². The summed E-state index contributed by atoms with van der Waals surface area (Å²) in [5.41, 5.74) is 0.521. The van der Waals surface area contributed by atoms with E-state index in [-0.39, 0.29) is 5.75 Å². The highest BCUT2D eigenvalue weighted by Crippen LogP contribution is 2.22. The molecular formula is C8H7FN4O. The normalized spacial score (nSPS) is 10.4. The Hall–Kier alpha value is -1.98. The summed E-state index contributed by atoms with van der Waals surface area (Å²) in [4.78, 5) is 0. The summed E-state index contributed by atoms with van der Waals surface area (Å²) >= 11 is 0. The number of aryl methyl sites for hydroxylation is 1. The van der Waals surface area contributed by atoms with E-state index >= 15 is 0 Å². The fraction of sp³-hybridized carbons (Fsp3) is 0.125. The predicted octanol–water partition coefficient (Wildman–Crippen LogP) is 0.722. The number of tetrazole rings is 1. The number of benzene rings is 1. The Kier molecular flexibility index (Phi) is 1.88. The first-order valence-electron chi connectivity index (χ1n) is 3.90. The van der Waals surface area contributed by atoms with Crippen molar-refractivity contribution in [3.63, 3.8) is 0 Å². The number of halogens is 1. The lowest BCUT2D eigenvalue weighted by Crippen LogP contribution is -1.94. The molecule has 14 heavy (non-hydrogen) atoms. The van der Waals surface area contributed by atoms with Crippen molar-refractivity contribution in [1.29, 1.82) is 0 Å². The number of aromatic nitrogens is 4. The zero-order chi connectivity index (χ0) is 10.1. The van der Waals surface area contributed by atoms with Gasteiger partial charge in [-0.1, -0.05) is 0 Å². The number of nitrogens with zero attached hydrogens (tertiary/aromatic N) is 4. The van der Waals surface area contributed by atoms with Crippen LogP contribution in [-0.4, -0.2) is 25.3 Å². The van der Waals surface area contributed by atoms with Gasteiger partial charge < -0.3 is 5.11 Å². The molecule has 0 aliphatic rings. The predicted molar refractivity (Wildman–Crippen MR) is 45.9 cm³/mol. The van der Waals surface area contributed by atoms with Crippen LogP contribution in [0, 0.1) is 5.82 Å². The van der Waals surface area contributed by atoms with Gasteiger partial charge in [0.2, 0.25) is 0 Å². The van der Waals surface area contributed by atoms with Gasteiger partial charge in [0, 0.05) is 12.6 Å². The molecule has 0 saturated carbocycles. The summed E-state index contributed by atoms with van der Waals surface area (Å²) in [6, 6.07) is 3.99. The van der Waals surface area contributed by atoms with Crippen LogP contribution >= 0.6 is 0 Å². The molecule has 0 radical (unpaired) electrons. The van der Waals surface area contributed by atoms with Crippen LogP contribution in [0.25, 0.3) is 11.4 Å². The molecule has 0 aliphatic heterocycles. The summed E-state index contributed by atoms with van der Waals surface area (Å²) in [7, 11) is 1.65. The summed E-state index contributed by atoms with van der Waals surface area (Å²) < 4.78 is 14.4. The summed E-state index contributed by atoms with van der Waals surface area (Å²) in [5, 5.41) is 19.7. The lowest BCUT2D eigenvalue weighted by Gasteiger charge is -1.99. The minimum Gasteiger partial charge on any atom is -0.505 e. The minimum absolute atomic E-state index is 0.385. The molecule has 5 nitrogen and oxygen atoms in total. The Labute approximate surface area is 78.8 Å². The second-order valence-electron chi connectivity index (χ2n) is 2.79. The minimum atomic E-state index is -0.689. The SMILES string of the molecule is Cn1nnnc1-c1ccc(O)c(F)c1. The molecule has 2 rings (SSSR count). The van der Waals surface area contributed by atoms with E-state index in [1.54, 1.807) is 13.1 Å². The summed E-state index contributed by atoms with van der Waals surface area (Å²) in [5.74, 6) is -0.627. The number of aromatic hydroxyl groups is 1. The highest BCUT2D eigenvalue weighted by molar-refractivity contribution is 5.55. The van der Waals surface area contributed by atoms with Gasteiger partial charge in [0.15, 0.2) is 17.4 Å². The van der Waals surface area contributed by atoms with E-state index in [0.717, 1.165) is 0 Å². The quantitative estimate of drug-likeness (QED) is 0.726. The number of rotatable bonds is 1. The number of hydrogen-bond donors (Lipinski definition) is 1. The van der Waals surface area contributed by atoms with E-state index in [9.17, 15) is 4.39 Å². The molecule has 0 unspecified atom stereocenters. The van der Waals surface area contributed by atoms with Crippen LogP contribution in [0.15, 0.2) is 18.2 Å². The molecule has 1 aromatic carbocycles. The largest absolute Gasteiger partial charge is 0.505 e. The van der Waals surface area contributed by atoms with Crippen molar-refractivity contribution in [2.45, 2.75) is 0 Å². The molecule has 0 amide bonds. The standard InChI is InChI=1S/C8H7FN4O/c1-13-8(10-11-12-13)5-2-3-7(14)6(9)4-5/h2-4,14H,1H3. The fourth-order valence-electron chi connectivity index (χ4n) is 1.12. The molecule has 2 aromatic rings. The molecule has 1 N–H and O–H groups in total. The van der Waals surface area contributed by atoms with Crippen molar-refractivity contribution in [2.24, 2.45) is 7.05 Å². The molecule has 6 heteroatoms. The van der Waals surface area contributed by atoms with Crippen LogP contribution in [0.3, 0.4) is 0 Å². The van der Waals surface area contributed by atoms with E-state index in [4.69, 9.17) is 5.11 Å². The monoisotopic (exact) mass is 194 g/mol. The van der Waals surface area contributed by atoms with Crippen LogP contribution in [0.1, 0.15) is 0 Å². The van der Waals surface area contributed by atoms with Gasteiger partial charge in [0.1, 0.15) is 0 Å². The molecule has 0 aliphatic carbocycles. The van der Waals surface area contributed by atoms with E-state index in [2.05, 4.69) is 15.5 Å². The smallest absolute Gasteiger partial charge is 0.181 e. The molecule has 0 spiro atoms. The Morgan fingerprint density at radius 2 is 2.21 bits per heavy atom. The van der Waals surface area contributed by atoms with Crippen molar-refractivity contribution in [2.75, 3.05) is 0 Å². The van der Waals surface area contributed by atoms with Gasteiger partial charge in [-0.25, -0.2) is 9.07 Å². The Morgan fingerprint density at radius 3 is 2.79 bits per heavy atom. The van der Waals surface area contributed by atoms with Crippen molar-refractivity contribution in [3.05, 3.63) is 24.0 Å². The fourth-order valence-corrected chi connectivity index (χ4v) is 1.12. The van der Waals surface area contributed by atoms with Gasteiger partial charge in [0.05, 0.1) is 0 Å². The van der Waals surface area contributed by atoms with E-state index in [1.165, 1.54) is 16.8 Å². The molecule has 0 bridgehead atoms. The Bertz CT molecular complexity index is 468. The molecule has 0 fully saturated rings. The molecule has 72 valence electrons. The van der Waals surface area contributed by atoms with Gasteiger partial charge in [-0.3, -0.25) is 0 Å². The lowest BCUT2D eigenvalue weighted by molar-refractivity contribution is 0.432. The topological polar surface area (TPSA) is 63.8 Å². The zero-order valence-electron chi connectivity index (χ0n) is 7.35. The van der Waals surface area contributed by atoms with Gasteiger partial charge in [-0.05, 0) is 28.6 Å². The first-order valence-corrected chi connectivity index (χ1v) is 3.90. The Morgan fingerprint density at radius 1 is 1.43 bits per heavy atom. The highest BCUT2D eigenvalue weighted by Gasteiger charge is 2.08. The maximum absolute atomic E-state index is 13.0. The third kappa shape index (κ3) is 1.30. The second-order valence-corrected chi connectivity index (χ2v) is 2.79. The van der Waals surface area contributed by atoms with Crippen LogP contribution in [0.2, 0.25) is 0 Å². The highest BCUT2D eigenvalue weighted by atomic mass is 19.1. The van der Waals surface area contributed by atoms with E-state index in [1.807, 2.05) is 0 Å². The number of phenols is 1. The molecule has 0 atom stereocenters. The summed E-state index contributed by atoms with van der Waals surface area (Å²) in [6.07, 6.45) is 0. The average molecular weight is 194 g/mol. The first-order chi connectivity index (χ1) is 6.68. The van der Waals surface area contributed by atoms with E-state index in [0.29, 0.717) is 11.4 Å². The third-order valence-corrected chi connectivity index (χ3v) is 1.83. The van der Waals surface area contributed by atoms with Crippen LogP contribution in [0.5, 0.6) is 5.75 Å². The third-order valence-electron chi connectivity index (χ3n) is 1.83. The van der Waals surface area contributed by atoms with Gasteiger partial charge in [0.25, 0.3) is 0 Å². The van der Waals surface area contributed by atoms with Gasteiger partial charge in [-0.2, -0.15) is 0 Å². The van der Waals surface area contributed by atoms with Crippen molar-refractivity contribution < 1.29 is 9.50 Å². The molecule has 0 saturated heterocycles. The number of phenolic OH excluding ortho intramolecular Hbond substituents is 1. The average Bonchev–Trinajstić information content (AvgIpc) is 2.57. The first kappa shape index (κ1) is 8.61. The van der Waals surface area contributed by atoms with Crippen LogP contribution in [0.4, 0.5) is 4.39 Å². The van der Waals surface area contributed by atoms with Crippen LogP contribution < -0.4 is 0 Å². The molecular weight excluding hydrogens is 187 g/mol. The Balaban J connectivity index is 2.53. The van der Waals surface area contributed by atoms with Gasteiger partial charge >= 0.3 is 0 Å². The summed E-state index contributed by atoms with van der Waals surface area (Å²) in [6.45, 7) is 0. The van der Waals surface area contributed by atoms with Crippen LogP contribution in [-0.2, 0) is 7.05 Å². The lowest BCUT2D eigenvalue weighted by atomic mass is 10.2. The zero-order valence-corrected chi connectivity index (χ0v) is 7.35. The van der Waals surface area contributed by atoms with Crippen molar-refractivity contribution >= 4 is 0 Å². The van der Waals surface area contributed by atoms with Crippen molar-refractivity contribution in [1.82, 2.24) is 20.2 Å².